The molecule has 2 saturated heterocycles. The third kappa shape index (κ3) is 8.17. The number of hydrogen-bond acceptors (Lipinski definition) is 20. The van der Waals surface area contributed by atoms with Gasteiger partial charge in [0.05, 0.1) is 62.4 Å². The molecule has 7 aliphatic rings. The van der Waals surface area contributed by atoms with Crippen molar-refractivity contribution < 1.29 is 105 Å². The summed E-state index contributed by atoms with van der Waals surface area (Å²) in [6.45, 7) is 11.1. The van der Waals surface area contributed by atoms with Crippen LogP contribution in [0.1, 0.15) is 87.0 Å². The normalized spacial score (nSPS) is 50.4. The minimum Gasteiger partial charge on any atom is -0.477 e. The van der Waals surface area contributed by atoms with E-state index in [1.807, 2.05) is 34.6 Å². The number of fused-ring (bicyclic) bond motifs is 7. The van der Waals surface area contributed by atoms with Gasteiger partial charge >= 0.3 is 5.97 Å². The van der Waals surface area contributed by atoms with Gasteiger partial charge in [0.1, 0.15) is 48.8 Å². The number of carboxylic acids is 1. The predicted molar refractivity (Wildman–Crippen MR) is 227 cm³/mol. The Bertz CT molecular complexity index is 1800. The monoisotopic (exact) mass is 964 g/mol. The average molecular weight is 965 g/mol. The molecule has 0 amide bonds. The Labute approximate surface area is 389 Å². The molecule has 8 unspecified atom stereocenters. The molecule has 0 spiro atoms. The summed E-state index contributed by atoms with van der Waals surface area (Å²) in [5.74, 6) is -2.56. The molecule has 4 saturated carbocycles. The summed E-state index contributed by atoms with van der Waals surface area (Å²) in [5, 5.41) is 152. The lowest BCUT2D eigenvalue weighted by atomic mass is 9.32. The van der Waals surface area contributed by atoms with Crippen LogP contribution in [0.25, 0.3) is 0 Å². The van der Waals surface area contributed by atoms with E-state index in [1.54, 1.807) is 0 Å². The summed E-state index contributed by atoms with van der Waals surface area (Å²) in [7, 11) is 0. The SMILES string of the molecule is CC1(C)CC2C3=CCC4[C@@]5(C)CC[C@H](O[C@H](OC(O)C(=O)O)[C@H](COC6O[C@@H](CO)[C@@H](O)C6O)O[C@@H]6OC(CO)[C@H](O)C(O)[C@@H]6O)C(C)(C)C5CC[C@@]4(C)[C@]3(C)[C@@H](O)[C@@H](O)[C@@]2(CO)[C@@H](O)[C@@H]1O. The van der Waals surface area contributed by atoms with E-state index in [2.05, 4.69) is 19.9 Å². The molecule has 21 nitrogen and oxygen atoms in total. The molecule has 6 fully saturated rings. The Morgan fingerprint density at radius 3 is 1.91 bits per heavy atom. The molecule has 0 radical (unpaired) electrons. The van der Waals surface area contributed by atoms with Crippen LogP contribution in [-0.2, 0) is 33.2 Å². The minimum absolute atomic E-state index is 0.0872. The molecule has 5 aliphatic carbocycles. The van der Waals surface area contributed by atoms with Crippen LogP contribution in [0, 0.1) is 50.2 Å². The second-order valence-electron chi connectivity index (χ2n) is 22.6. The highest BCUT2D eigenvalue weighted by atomic mass is 16.8. The number of rotatable bonds is 14. The average Bonchev–Trinajstić information content (AvgIpc) is 3.55. The molecule has 67 heavy (non-hydrogen) atoms. The van der Waals surface area contributed by atoms with Gasteiger partial charge in [0.2, 0.25) is 0 Å². The summed E-state index contributed by atoms with van der Waals surface area (Å²) < 4.78 is 35.2. The first-order chi connectivity index (χ1) is 31.1. The van der Waals surface area contributed by atoms with E-state index in [4.69, 9.17) is 28.4 Å². The third-order valence-electron chi connectivity index (χ3n) is 18.6. The minimum atomic E-state index is -2.52. The van der Waals surface area contributed by atoms with Gasteiger partial charge < -0.3 is 99.9 Å². The van der Waals surface area contributed by atoms with E-state index >= 15 is 0 Å². The number of aliphatic hydroxyl groups excluding tert-OH is 13. The molecule has 7 rings (SSSR count). The standard InChI is InChI=1S/C46H76O21/c1-41(2)14-20-19-8-9-25-43(5)12-11-26(42(3,4)24(43)10-13-44(25,6)45(19,7)33(56)35(58)46(20,18-49)34(57)32(41)55)66-38(67-37(61)36(59)60)23(17-62-39-30(53)28(51)22(16-48)63-39)65-40-31(54)29(52)27(50)21(15-47)64-40/h8,20-35,37-40,47-58,61H,9-18H2,1-7H3,(H,59,60)/t20?,21?,22-,23-,24?,25?,26-,27-,28+,29?,30?,31-,32-,33-,34-,35+,37?,38+,39?,40-,43-,44+,45-,46+/m0/s1. The number of aliphatic carboxylic acids is 1. The van der Waals surface area contributed by atoms with Gasteiger partial charge in [0.15, 0.2) is 18.9 Å². The van der Waals surface area contributed by atoms with Crippen molar-refractivity contribution in [2.24, 2.45) is 50.2 Å². The summed E-state index contributed by atoms with van der Waals surface area (Å²) in [5.41, 5.74) is -4.39. The zero-order valence-corrected chi connectivity index (χ0v) is 39.3. The fraction of sp³-hybridized carbons (Fsp3) is 0.935. The van der Waals surface area contributed by atoms with Crippen LogP contribution in [0.4, 0.5) is 0 Å². The Morgan fingerprint density at radius 1 is 0.731 bits per heavy atom. The molecular formula is C46H76O21. The molecule has 386 valence electrons. The van der Waals surface area contributed by atoms with Crippen molar-refractivity contribution in [3.05, 3.63) is 11.6 Å². The zero-order chi connectivity index (χ0) is 49.7. The zero-order valence-electron chi connectivity index (χ0n) is 39.3. The fourth-order valence-corrected chi connectivity index (χ4v) is 14.5. The van der Waals surface area contributed by atoms with E-state index in [9.17, 15) is 76.3 Å². The van der Waals surface area contributed by atoms with Gasteiger partial charge in [-0.05, 0) is 77.9 Å². The number of carbonyl (C=O) groups is 1. The van der Waals surface area contributed by atoms with Gasteiger partial charge in [-0.3, -0.25) is 0 Å². The summed E-state index contributed by atoms with van der Waals surface area (Å²) in [6.07, 6.45) is -22.6. The Balaban J connectivity index is 1.20. The molecule has 2 heterocycles. The summed E-state index contributed by atoms with van der Waals surface area (Å²) >= 11 is 0. The molecule has 21 heteroatoms. The van der Waals surface area contributed by atoms with Crippen LogP contribution in [0.15, 0.2) is 11.6 Å². The Morgan fingerprint density at radius 2 is 1.31 bits per heavy atom. The topological polar surface area (TPSA) is 356 Å². The molecule has 14 N–H and O–H groups in total. The lowest BCUT2D eigenvalue weighted by Gasteiger charge is -2.73. The Kier molecular flexibility index (Phi) is 15.0. The quantitative estimate of drug-likeness (QED) is 0.0629. The van der Waals surface area contributed by atoms with Gasteiger partial charge in [-0.2, -0.15) is 0 Å². The van der Waals surface area contributed by atoms with Gasteiger partial charge in [-0.15, -0.1) is 0 Å². The predicted octanol–water partition coefficient (Wildman–Crippen LogP) is -2.56. The highest BCUT2D eigenvalue weighted by molar-refractivity contribution is 5.70. The lowest BCUT2D eigenvalue weighted by Crippen LogP contribution is -2.76. The Hall–Kier alpha value is -1.55. The van der Waals surface area contributed by atoms with E-state index in [0.717, 1.165) is 5.57 Å². The van der Waals surface area contributed by atoms with Gasteiger partial charge in [0, 0.05) is 5.41 Å². The maximum Gasteiger partial charge on any atom is 0.360 e. The van der Waals surface area contributed by atoms with Crippen LogP contribution in [0.5, 0.6) is 0 Å². The first-order valence-corrected chi connectivity index (χ1v) is 23.6. The van der Waals surface area contributed by atoms with E-state index in [-0.39, 0.29) is 11.8 Å². The molecule has 0 aromatic carbocycles. The molecule has 2 aliphatic heterocycles. The third-order valence-corrected chi connectivity index (χ3v) is 18.6. The number of carboxylic acid groups (broad SMARTS) is 1. The largest absolute Gasteiger partial charge is 0.477 e. The molecular weight excluding hydrogens is 888 g/mol. The maximum absolute atomic E-state index is 12.4. The van der Waals surface area contributed by atoms with Crippen molar-refractivity contribution in [1.29, 1.82) is 0 Å². The van der Waals surface area contributed by atoms with Gasteiger partial charge in [-0.1, -0.05) is 60.1 Å². The van der Waals surface area contributed by atoms with Crippen molar-refractivity contribution in [3.8, 4) is 0 Å². The number of hydrogen-bond donors (Lipinski definition) is 14. The van der Waals surface area contributed by atoms with Crippen LogP contribution in [-0.4, -0.2) is 208 Å². The fourth-order valence-electron chi connectivity index (χ4n) is 14.5. The highest BCUT2D eigenvalue weighted by Gasteiger charge is 2.75. The second kappa shape index (κ2) is 18.8. The smallest absolute Gasteiger partial charge is 0.360 e. The first-order valence-electron chi connectivity index (χ1n) is 23.6. The number of allylic oxidation sites excluding steroid dienone is 1. The van der Waals surface area contributed by atoms with Crippen molar-refractivity contribution in [2.45, 2.75) is 192 Å². The van der Waals surface area contributed by atoms with Crippen LogP contribution < -0.4 is 0 Å². The van der Waals surface area contributed by atoms with Crippen LogP contribution >= 0.6 is 0 Å². The van der Waals surface area contributed by atoms with Gasteiger partial charge in [0.25, 0.3) is 6.29 Å². The number of ether oxygens (including phenoxy) is 6. The molecule has 0 aromatic rings. The van der Waals surface area contributed by atoms with Crippen LogP contribution in [0.3, 0.4) is 0 Å². The summed E-state index contributed by atoms with van der Waals surface area (Å²) in [6, 6.07) is 0. The van der Waals surface area contributed by atoms with Crippen molar-refractivity contribution in [3.63, 3.8) is 0 Å². The van der Waals surface area contributed by atoms with E-state index < -0.39 is 175 Å². The second-order valence-corrected chi connectivity index (χ2v) is 22.6. The van der Waals surface area contributed by atoms with Crippen molar-refractivity contribution >= 4 is 5.97 Å². The van der Waals surface area contributed by atoms with Crippen LogP contribution in [0.2, 0.25) is 0 Å². The van der Waals surface area contributed by atoms with Crippen molar-refractivity contribution in [1.82, 2.24) is 0 Å². The van der Waals surface area contributed by atoms with Crippen molar-refractivity contribution in [2.75, 3.05) is 26.4 Å². The van der Waals surface area contributed by atoms with Gasteiger partial charge in [-0.25, -0.2) is 4.79 Å². The van der Waals surface area contributed by atoms with E-state index in [1.165, 1.54) is 0 Å². The molecule has 0 aromatic heterocycles. The number of aliphatic hydroxyl groups is 13. The molecule has 24 atom stereocenters. The maximum atomic E-state index is 12.4. The highest BCUT2D eigenvalue weighted by Crippen LogP contribution is 2.76. The molecule has 0 bridgehead atoms. The summed E-state index contributed by atoms with van der Waals surface area (Å²) in [4.78, 5) is 12.1. The lowest BCUT2D eigenvalue weighted by molar-refractivity contribution is -0.359. The first kappa shape index (κ1) is 53.3. The van der Waals surface area contributed by atoms with E-state index in [0.29, 0.717) is 38.5 Å².